The zero-order valence-electron chi connectivity index (χ0n) is 19.8. The summed E-state index contributed by atoms with van der Waals surface area (Å²) in [4.78, 5) is 28.5. The highest BCUT2D eigenvalue weighted by Crippen LogP contribution is 2.43. The van der Waals surface area contributed by atoms with Crippen molar-refractivity contribution in [1.29, 1.82) is 0 Å². The predicted octanol–water partition coefficient (Wildman–Crippen LogP) is 2.21. The maximum Gasteiger partial charge on any atom is 0.253 e. The number of hydrogen-bond acceptors (Lipinski definition) is 5. The Morgan fingerprint density at radius 1 is 1.12 bits per heavy atom. The van der Waals surface area contributed by atoms with Crippen LogP contribution in [0.4, 0.5) is 4.39 Å². The van der Waals surface area contributed by atoms with Gasteiger partial charge in [-0.1, -0.05) is 12.1 Å². The number of rotatable bonds is 9. The molecule has 1 saturated carbocycles. The van der Waals surface area contributed by atoms with Gasteiger partial charge in [-0.25, -0.2) is 4.39 Å². The minimum atomic E-state index is -1.41. The van der Waals surface area contributed by atoms with Crippen LogP contribution in [0.25, 0.3) is 0 Å². The third-order valence-electron chi connectivity index (χ3n) is 8.18. The molecule has 0 radical (unpaired) electrons. The van der Waals surface area contributed by atoms with Crippen molar-refractivity contribution in [3.8, 4) is 0 Å². The summed E-state index contributed by atoms with van der Waals surface area (Å²) in [5, 5.41) is 19.3. The molecule has 2 bridgehead atoms. The Morgan fingerprint density at radius 2 is 1.79 bits per heavy atom. The van der Waals surface area contributed by atoms with Gasteiger partial charge >= 0.3 is 0 Å². The van der Waals surface area contributed by atoms with Gasteiger partial charge in [-0.3, -0.25) is 14.5 Å². The lowest BCUT2D eigenvalue weighted by atomic mass is 9.84. The van der Waals surface area contributed by atoms with E-state index >= 15 is 0 Å². The molecule has 1 aromatic carbocycles. The number of carbonyl (C=O) groups excluding carboxylic acids is 2. The number of alkyl halides is 1. The van der Waals surface area contributed by atoms with Crippen LogP contribution in [0.15, 0.2) is 24.3 Å². The largest absolute Gasteiger partial charge is 0.393 e. The fourth-order valence-electron chi connectivity index (χ4n) is 6.29. The second kappa shape index (κ2) is 11.1. The monoisotopic (exact) mass is 475 g/mol. The molecule has 34 heavy (non-hydrogen) atoms. The maximum absolute atomic E-state index is 13.6. The van der Waals surface area contributed by atoms with Crippen LogP contribution in [-0.4, -0.2) is 82.4 Å². The van der Waals surface area contributed by atoms with Crippen LogP contribution in [0.1, 0.15) is 73.2 Å². The number of carbonyl (C=O) groups is 2. The molecule has 1 aromatic rings. The molecular formula is C26H38FN3O4. The van der Waals surface area contributed by atoms with Gasteiger partial charge in [0.05, 0.1) is 6.61 Å². The number of halogens is 1. The molecule has 1 aliphatic carbocycles. The van der Waals surface area contributed by atoms with Crippen LogP contribution in [0, 0.1) is 5.92 Å². The molecule has 3 fully saturated rings. The lowest BCUT2D eigenvalue weighted by Gasteiger charge is -2.41. The van der Waals surface area contributed by atoms with Gasteiger partial charge in [0.2, 0.25) is 5.91 Å². The fraction of sp³-hybridized carbons (Fsp3) is 0.692. The standard InChI is InChI=1S/C26H38FN3O4/c27-21-6-4-17(5-7-21)15-29(26(34)24(32)16-31)10-11-30-22-8-9-23(30)14-20(13-22)18-2-1-3-19(12-18)25(28)33/h1-3,12,17,20-24,31-32H,4-11,13-16H2,(H2,28,33)/t17?,20?,21?,22?,23?,24-/m0/s1. The molecule has 0 aromatic heterocycles. The van der Waals surface area contributed by atoms with Crippen molar-refractivity contribution in [2.45, 2.75) is 81.6 Å². The van der Waals surface area contributed by atoms with Crippen LogP contribution in [0.5, 0.6) is 0 Å². The first-order valence-corrected chi connectivity index (χ1v) is 12.7. The van der Waals surface area contributed by atoms with E-state index in [0.29, 0.717) is 49.5 Å². The molecule has 2 saturated heterocycles. The molecule has 8 heteroatoms. The first-order chi connectivity index (χ1) is 16.4. The normalized spacial score (nSPS) is 30.1. The zero-order chi connectivity index (χ0) is 24.2. The van der Waals surface area contributed by atoms with Crippen molar-refractivity contribution in [3.05, 3.63) is 35.4 Å². The number of fused-ring (bicyclic) bond motifs is 2. The summed E-state index contributed by atoms with van der Waals surface area (Å²) in [7, 11) is 0. The van der Waals surface area contributed by atoms with Crippen molar-refractivity contribution in [2.24, 2.45) is 11.7 Å². The highest BCUT2D eigenvalue weighted by molar-refractivity contribution is 5.92. The Bertz CT molecular complexity index is 846. The Labute approximate surface area is 201 Å². The van der Waals surface area contributed by atoms with Crippen molar-refractivity contribution in [3.63, 3.8) is 0 Å². The lowest BCUT2D eigenvalue weighted by molar-refractivity contribution is -0.143. The van der Waals surface area contributed by atoms with E-state index in [1.54, 1.807) is 11.0 Å². The Balaban J connectivity index is 1.38. The van der Waals surface area contributed by atoms with Gasteiger partial charge in [0.15, 0.2) is 6.10 Å². The lowest BCUT2D eigenvalue weighted by Crippen LogP contribution is -2.50. The first-order valence-electron chi connectivity index (χ1n) is 12.7. The van der Waals surface area contributed by atoms with Gasteiger partial charge in [0.25, 0.3) is 5.91 Å². The molecule has 2 amide bonds. The Kier molecular flexibility index (Phi) is 8.22. The topological polar surface area (TPSA) is 107 Å². The van der Waals surface area contributed by atoms with E-state index in [1.807, 2.05) is 12.1 Å². The highest BCUT2D eigenvalue weighted by atomic mass is 19.1. The Hall–Kier alpha value is -2.03. The van der Waals surface area contributed by atoms with Gasteiger partial charge in [-0.05, 0) is 80.9 Å². The van der Waals surface area contributed by atoms with Crippen LogP contribution >= 0.6 is 0 Å². The van der Waals surface area contributed by atoms with E-state index in [-0.39, 0.29) is 5.92 Å². The molecule has 7 nitrogen and oxygen atoms in total. The molecule has 0 spiro atoms. The fourth-order valence-corrected chi connectivity index (χ4v) is 6.29. The van der Waals surface area contributed by atoms with E-state index in [0.717, 1.165) is 45.1 Å². The summed E-state index contributed by atoms with van der Waals surface area (Å²) >= 11 is 0. The SMILES string of the molecule is NC(=O)c1cccc(C2CC3CCC(C2)N3CCN(CC2CCC(F)CC2)C(=O)[C@@H](O)CO)c1. The number of amides is 2. The summed E-state index contributed by atoms with van der Waals surface area (Å²) in [6, 6.07) is 8.49. The highest BCUT2D eigenvalue weighted by Gasteiger charge is 2.41. The Morgan fingerprint density at radius 3 is 2.41 bits per heavy atom. The number of nitrogens with zero attached hydrogens (tertiary/aromatic N) is 2. The quantitative estimate of drug-likeness (QED) is 0.508. The predicted molar refractivity (Wildman–Crippen MR) is 127 cm³/mol. The summed E-state index contributed by atoms with van der Waals surface area (Å²) < 4.78 is 13.6. The molecule has 3 aliphatic rings. The maximum atomic E-state index is 13.6. The van der Waals surface area contributed by atoms with Gasteiger partial charge in [-0.2, -0.15) is 0 Å². The van der Waals surface area contributed by atoms with Crippen molar-refractivity contribution in [2.75, 3.05) is 26.2 Å². The average molecular weight is 476 g/mol. The van der Waals surface area contributed by atoms with E-state index in [1.165, 1.54) is 5.56 Å². The van der Waals surface area contributed by atoms with Gasteiger partial charge in [0.1, 0.15) is 6.17 Å². The first kappa shape index (κ1) is 25.1. The molecule has 2 unspecified atom stereocenters. The molecule has 2 aliphatic heterocycles. The van der Waals surface area contributed by atoms with Gasteiger partial charge in [-0.15, -0.1) is 0 Å². The minimum Gasteiger partial charge on any atom is -0.393 e. The van der Waals surface area contributed by atoms with Crippen LogP contribution in [0.2, 0.25) is 0 Å². The number of benzene rings is 1. The third kappa shape index (κ3) is 5.78. The number of nitrogens with two attached hydrogens (primary N) is 1. The molecule has 188 valence electrons. The number of aliphatic hydroxyl groups is 2. The van der Waals surface area contributed by atoms with Crippen molar-refractivity contribution < 1.29 is 24.2 Å². The average Bonchev–Trinajstić information content (AvgIpc) is 3.08. The molecule has 3 atom stereocenters. The zero-order valence-corrected chi connectivity index (χ0v) is 19.8. The van der Waals surface area contributed by atoms with E-state index in [2.05, 4.69) is 11.0 Å². The second-order valence-electron chi connectivity index (χ2n) is 10.4. The van der Waals surface area contributed by atoms with Crippen LogP contribution in [-0.2, 0) is 4.79 Å². The van der Waals surface area contributed by atoms with E-state index in [9.17, 15) is 24.2 Å². The summed E-state index contributed by atoms with van der Waals surface area (Å²) in [6.45, 7) is 1.15. The summed E-state index contributed by atoms with van der Waals surface area (Å²) in [5.74, 6) is -0.216. The van der Waals surface area contributed by atoms with E-state index < -0.39 is 30.7 Å². The van der Waals surface area contributed by atoms with E-state index in [4.69, 9.17) is 5.73 Å². The van der Waals surface area contributed by atoms with Crippen molar-refractivity contribution >= 4 is 11.8 Å². The molecule has 2 heterocycles. The van der Waals surface area contributed by atoms with Crippen LogP contribution < -0.4 is 5.73 Å². The van der Waals surface area contributed by atoms with Gasteiger partial charge < -0.3 is 20.8 Å². The minimum absolute atomic E-state index is 0.238. The molecule has 4 rings (SSSR count). The second-order valence-corrected chi connectivity index (χ2v) is 10.4. The molecule has 4 N–H and O–H groups in total. The third-order valence-corrected chi connectivity index (χ3v) is 8.18. The number of primary amides is 1. The number of hydrogen-bond donors (Lipinski definition) is 3. The summed E-state index contributed by atoms with van der Waals surface area (Å²) in [6.07, 6.45) is 4.66. The van der Waals surface area contributed by atoms with Crippen LogP contribution in [0.3, 0.4) is 0 Å². The molecular weight excluding hydrogens is 437 g/mol. The number of piperidine rings is 1. The van der Waals surface area contributed by atoms with Crippen molar-refractivity contribution in [1.82, 2.24) is 9.80 Å². The smallest absolute Gasteiger partial charge is 0.253 e. The summed E-state index contributed by atoms with van der Waals surface area (Å²) in [5.41, 5.74) is 7.18. The number of aliphatic hydroxyl groups excluding tert-OH is 2. The van der Waals surface area contributed by atoms with Gasteiger partial charge in [0, 0.05) is 37.3 Å².